The first-order chi connectivity index (χ1) is 8.81. The zero-order valence-electron chi connectivity index (χ0n) is 9.97. The third kappa shape index (κ3) is 2.68. The van der Waals surface area contributed by atoms with Crippen LogP contribution in [0.25, 0.3) is 11.4 Å². The molecule has 1 saturated carbocycles. The summed E-state index contributed by atoms with van der Waals surface area (Å²) in [7, 11) is 0. The van der Waals surface area contributed by atoms with Crippen molar-refractivity contribution in [3.63, 3.8) is 0 Å². The van der Waals surface area contributed by atoms with Crippen molar-refractivity contribution in [2.45, 2.75) is 25.3 Å². The van der Waals surface area contributed by atoms with E-state index in [0.29, 0.717) is 17.8 Å². The molecule has 0 atom stereocenters. The standard InChI is InChI=1S/C13H15N3O2/c17-11-3-1-2-9(8-11)13-15-12(18-16-13)6-7-14-10-4-5-10/h1-3,8,10,14,17H,4-7H2. The van der Waals surface area contributed by atoms with E-state index >= 15 is 0 Å². The van der Waals surface area contributed by atoms with Gasteiger partial charge in [0.15, 0.2) is 0 Å². The van der Waals surface area contributed by atoms with E-state index in [1.54, 1.807) is 18.2 Å². The molecule has 2 N–H and O–H groups in total. The van der Waals surface area contributed by atoms with E-state index < -0.39 is 0 Å². The number of aromatic nitrogens is 2. The minimum atomic E-state index is 0.203. The third-order valence-electron chi connectivity index (χ3n) is 2.92. The van der Waals surface area contributed by atoms with Crippen molar-refractivity contribution in [1.29, 1.82) is 0 Å². The van der Waals surface area contributed by atoms with Gasteiger partial charge in [0, 0.05) is 24.6 Å². The van der Waals surface area contributed by atoms with Crippen LogP contribution in [0.2, 0.25) is 0 Å². The molecule has 0 radical (unpaired) electrons. The lowest BCUT2D eigenvalue weighted by molar-refractivity contribution is 0.376. The molecule has 18 heavy (non-hydrogen) atoms. The fourth-order valence-electron chi connectivity index (χ4n) is 1.79. The molecule has 5 nitrogen and oxygen atoms in total. The van der Waals surface area contributed by atoms with Crippen LogP contribution in [0.5, 0.6) is 5.75 Å². The Bertz CT molecular complexity index is 535. The van der Waals surface area contributed by atoms with Gasteiger partial charge in [0.05, 0.1) is 0 Å². The van der Waals surface area contributed by atoms with Crippen LogP contribution < -0.4 is 5.32 Å². The number of hydrogen-bond acceptors (Lipinski definition) is 5. The Morgan fingerprint density at radius 3 is 3.06 bits per heavy atom. The van der Waals surface area contributed by atoms with Crippen LogP contribution in [0.15, 0.2) is 28.8 Å². The van der Waals surface area contributed by atoms with Crippen molar-refractivity contribution >= 4 is 0 Å². The summed E-state index contributed by atoms with van der Waals surface area (Å²) in [5, 5.41) is 16.7. The molecule has 1 aliphatic rings. The van der Waals surface area contributed by atoms with Gasteiger partial charge in [-0.05, 0) is 25.0 Å². The summed E-state index contributed by atoms with van der Waals surface area (Å²) in [4.78, 5) is 4.31. The first-order valence-electron chi connectivity index (χ1n) is 6.16. The van der Waals surface area contributed by atoms with Gasteiger partial charge in [-0.1, -0.05) is 17.3 Å². The number of benzene rings is 1. The van der Waals surface area contributed by atoms with Crippen LogP contribution in [-0.4, -0.2) is 27.8 Å². The lowest BCUT2D eigenvalue weighted by atomic mass is 10.2. The van der Waals surface area contributed by atoms with E-state index in [-0.39, 0.29) is 5.75 Å². The van der Waals surface area contributed by atoms with Crippen molar-refractivity contribution in [3.05, 3.63) is 30.2 Å². The molecule has 0 unspecified atom stereocenters. The number of phenolic OH excluding ortho intramolecular Hbond substituents is 1. The van der Waals surface area contributed by atoms with E-state index in [1.165, 1.54) is 12.8 Å². The molecule has 1 heterocycles. The van der Waals surface area contributed by atoms with Crippen molar-refractivity contribution < 1.29 is 9.63 Å². The Balaban J connectivity index is 1.64. The summed E-state index contributed by atoms with van der Waals surface area (Å²) in [6.07, 6.45) is 3.29. The van der Waals surface area contributed by atoms with Gasteiger partial charge in [-0.3, -0.25) is 0 Å². The maximum absolute atomic E-state index is 9.39. The molecular weight excluding hydrogens is 230 g/mol. The van der Waals surface area contributed by atoms with Crippen LogP contribution in [0.1, 0.15) is 18.7 Å². The van der Waals surface area contributed by atoms with E-state index in [2.05, 4.69) is 15.5 Å². The Hall–Kier alpha value is -1.88. The number of nitrogens with zero attached hydrogens (tertiary/aromatic N) is 2. The fraction of sp³-hybridized carbons (Fsp3) is 0.385. The first kappa shape index (κ1) is 11.2. The highest BCUT2D eigenvalue weighted by molar-refractivity contribution is 5.56. The van der Waals surface area contributed by atoms with Crippen molar-refractivity contribution in [3.8, 4) is 17.1 Å². The fourth-order valence-corrected chi connectivity index (χ4v) is 1.79. The van der Waals surface area contributed by atoms with Crippen molar-refractivity contribution in [2.24, 2.45) is 0 Å². The van der Waals surface area contributed by atoms with E-state index in [1.807, 2.05) is 6.07 Å². The van der Waals surface area contributed by atoms with E-state index in [0.717, 1.165) is 18.5 Å². The Morgan fingerprint density at radius 2 is 2.28 bits per heavy atom. The minimum Gasteiger partial charge on any atom is -0.508 e. The highest BCUT2D eigenvalue weighted by atomic mass is 16.5. The zero-order chi connectivity index (χ0) is 12.4. The maximum Gasteiger partial charge on any atom is 0.228 e. The summed E-state index contributed by atoms with van der Waals surface area (Å²) in [5.74, 6) is 1.35. The molecule has 0 bridgehead atoms. The summed E-state index contributed by atoms with van der Waals surface area (Å²) in [5.41, 5.74) is 0.764. The lowest BCUT2D eigenvalue weighted by Crippen LogP contribution is -2.19. The number of aromatic hydroxyl groups is 1. The summed E-state index contributed by atoms with van der Waals surface area (Å²) in [6.45, 7) is 0.867. The van der Waals surface area contributed by atoms with Gasteiger partial charge < -0.3 is 14.9 Å². The number of hydrogen-bond donors (Lipinski definition) is 2. The third-order valence-corrected chi connectivity index (χ3v) is 2.92. The molecule has 2 aromatic rings. The molecule has 94 valence electrons. The van der Waals surface area contributed by atoms with Gasteiger partial charge in [-0.2, -0.15) is 4.98 Å². The summed E-state index contributed by atoms with van der Waals surface area (Å²) < 4.78 is 5.18. The maximum atomic E-state index is 9.39. The average Bonchev–Trinajstić information content (AvgIpc) is 3.06. The Labute approximate surface area is 105 Å². The first-order valence-corrected chi connectivity index (χ1v) is 6.16. The van der Waals surface area contributed by atoms with Crippen LogP contribution >= 0.6 is 0 Å². The normalized spacial score (nSPS) is 14.9. The van der Waals surface area contributed by atoms with Crippen LogP contribution in [-0.2, 0) is 6.42 Å². The molecule has 0 amide bonds. The topological polar surface area (TPSA) is 71.2 Å². The second-order valence-electron chi connectivity index (χ2n) is 4.54. The predicted octanol–water partition coefficient (Wildman–Crippen LogP) is 1.74. The van der Waals surface area contributed by atoms with Gasteiger partial charge in [0.25, 0.3) is 0 Å². The number of nitrogens with one attached hydrogen (secondary N) is 1. The summed E-state index contributed by atoms with van der Waals surface area (Å²) >= 11 is 0. The van der Waals surface area contributed by atoms with Gasteiger partial charge in [-0.25, -0.2) is 0 Å². The minimum absolute atomic E-state index is 0.203. The van der Waals surface area contributed by atoms with E-state index in [9.17, 15) is 5.11 Å². The molecular formula is C13H15N3O2. The average molecular weight is 245 g/mol. The molecule has 5 heteroatoms. The van der Waals surface area contributed by atoms with Crippen molar-refractivity contribution in [1.82, 2.24) is 15.5 Å². The highest BCUT2D eigenvalue weighted by Crippen LogP contribution is 2.21. The molecule has 1 aliphatic carbocycles. The second kappa shape index (κ2) is 4.78. The van der Waals surface area contributed by atoms with Gasteiger partial charge in [0.1, 0.15) is 5.75 Å². The van der Waals surface area contributed by atoms with Gasteiger partial charge in [-0.15, -0.1) is 0 Å². The predicted molar refractivity (Wildman–Crippen MR) is 66.1 cm³/mol. The number of phenols is 1. The Morgan fingerprint density at radius 1 is 1.39 bits per heavy atom. The smallest absolute Gasteiger partial charge is 0.228 e. The quantitative estimate of drug-likeness (QED) is 0.839. The molecule has 1 fully saturated rings. The molecule has 1 aromatic carbocycles. The summed E-state index contributed by atoms with van der Waals surface area (Å²) in [6, 6.07) is 7.53. The number of rotatable bonds is 5. The van der Waals surface area contributed by atoms with Crippen LogP contribution in [0, 0.1) is 0 Å². The van der Waals surface area contributed by atoms with Crippen LogP contribution in [0.4, 0.5) is 0 Å². The zero-order valence-corrected chi connectivity index (χ0v) is 9.97. The van der Waals surface area contributed by atoms with Gasteiger partial charge >= 0.3 is 0 Å². The monoisotopic (exact) mass is 245 g/mol. The van der Waals surface area contributed by atoms with Crippen LogP contribution in [0.3, 0.4) is 0 Å². The second-order valence-corrected chi connectivity index (χ2v) is 4.54. The molecule has 1 aromatic heterocycles. The van der Waals surface area contributed by atoms with Crippen molar-refractivity contribution in [2.75, 3.05) is 6.54 Å². The SMILES string of the molecule is Oc1cccc(-c2noc(CCNC3CC3)n2)c1. The largest absolute Gasteiger partial charge is 0.508 e. The van der Waals surface area contributed by atoms with E-state index in [4.69, 9.17) is 4.52 Å². The lowest BCUT2D eigenvalue weighted by Gasteiger charge is -1.97. The molecule has 3 rings (SSSR count). The highest BCUT2D eigenvalue weighted by Gasteiger charge is 2.20. The molecule has 0 aliphatic heterocycles. The van der Waals surface area contributed by atoms with Gasteiger partial charge in [0.2, 0.25) is 11.7 Å². The molecule has 0 saturated heterocycles. The molecule has 0 spiro atoms. The Kier molecular flexibility index (Phi) is 2.98.